The minimum absolute atomic E-state index is 0.0689. The van der Waals surface area contributed by atoms with Gasteiger partial charge in [-0.1, -0.05) is 55.8 Å². The molecule has 0 spiro atoms. The van der Waals surface area contributed by atoms with Crippen LogP contribution in [0, 0.1) is 23.2 Å². The Hall–Kier alpha value is -2.05. The van der Waals surface area contributed by atoms with E-state index < -0.39 is 17.8 Å². The van der Waals surface area contributed by atoms with E-state index in [-0.39, 0.29) is 23.0 Å². The van der Waals surface area contributed by atoms with E-state index in [0.29, 0.717) is 41.9 Å². The van der Waals surface area contributed by atoms with Crippen molar-refractivity contribution in [2.24, 2.45) is 23.2 Å². The Labute approximate surface area is 222 Å². The molecule has 7 heteroatoms. The maximum absolute atomic E-state index is 13.8. The van der Waals surface area contributed by atoms with Crippen LogP contribution in [0.25, 0.3) is 0 Å². The Kier molecular flexibility index (Phi) is 7.36. The summed E-state index contributed by atoms with van der Waals surface area (Å²) < 4.78 is 47.8. The standard InChI is InChI=1S/C30H35ClF3NO2/c1-19-11-21-12-20(2)14-29(13-19,15-21)16-27(36)35-17-24(18-35)37-28(22-7-9-23(31)10-8-22)25-5-3-4-6-26(25)30(32,33)34/h3-10,19-21,24,28H,11-18H2,1-2H3. The number of amides is 1. The summed E-state index contributed by atoms with van der Waals surface area (Å²) >= 11 is 6.03. The molecule has 3 aliphatic rings. The van der Waals surface area contributed by atoms with Gasteiger partial charge in [-0.3, -0.25) is 4.79 Å². The minimum atomic E-state index is -4.50. The number of benzene rings is 2. The molecule has 2 aromatic carbocycles. The molecule has 200 valence electrons. The van der Waals surface area contributed by atoms with Gasteiger partial charge in [0.2, 0.25) is 5.91 Å². The Balaban J connectivity index is 1.29. The smallest absolute Gasteiger partial charge is 0.362 e. The predicted octanol–water partition coefficient (Wildman–Crippen LogP) is 7.92. The third kappa shape index (κ3) is 5.85. The number of carbonyl (C=O) groups is 1. The van der Waals surface area contributed by atoms with Crippen LogP contribution in [0.2, 0.25) is 5.02 Å². The van der Waals surface area contributed by atoms with E-state index in [2.05, 4.69) is 13.8 Å². The lowest BCUT2D eigenvalue weighted by Crippen LogP contribution is -2.56. The Morgan fingerprint density at radius 3 is 2.27 bits per heavy atom. The molecule has 5 rings (SSSR count). The lowest BCUT2D eigenvalue weighted by atomic mass is 9.55. The number of rotatable bonds is 6. The molecule has 1 heterocycles. The van der Waals surface area contributed by atoms with Crippen LogP contribution in [0.1, 0.15) is 75.2 Å². The summed E-state index contributed by atoms with van der Waals surface area (Å²) in [5, 5.41) is 0.502. The molecule has 3 unspecified atom stereocenters. The van der Waals surface area contributed by atoms with Crippen molar-refractivity contribution in [2.45, 2.75) is 70.8 Å². The number of alkyl halides is 3. The molecule has 3 atom stereocenters. The summed E-state index contributed by atoms with van der Waals surface area (Å²) in [5.74, 6) is 2.18. The van der Waals surface area contributed by atoms with Crippen LogP contribution in [0.4, 0.5) is 13.2 Å². The van der Waals surface area contributed by atoms with Gasteiger partial charge in [-0.2, -0.15) is 13.2 Å². The molecule has 3 fully saturated rings. The molecule has 1 amide bonds. The van der Waals surface area contributed by atoms with Crippen LogP contribution in [0.5, 0.6) is 0 Å². The number of ether oxygens (including phenoxy) is 1. The zero-order valence-corrected chi connectivity index (χ0v) is 22.2. The number of nitrogens with zero attached hydrogens (tertiary/aromatic N) is 1. The maximum atomic E-state index is 13.8. The fraction of sp³-hybridized carbons (Fsp3) is 0.567. The number of fused-ring (bicyclic) bond motifs is 2. The van der Waals surface area contributed by atoms with Gasteiger partial charge in [0.25, 0.3) is 0 Å². The fourth-order valence-electron chi connectivity index (χ4n) is 7.43. The van der Waals surface area contributed by atoms with Gasteiger partial charge in [0.05, 0.1) is 11.7 Å². The normalized spacial score (nSPS) is 29.0. The van der Waals surface area contributed by atoms with Crippen molar-refractivity contribution in [3.8, 4) is 0 Å². The molecule has 3 nitrogen and oxygen atoms in total. The minimum Gasteiger partial charge on any atom is -0.362 e. The number of carbonyl (C=O) groups excluding carboxylic acids is 1. The highest BCUT2D eigenvalue weighted by molar-refractivity contribution is 6.30. The molecule has 1 aliphatic heterocycles. The second-order valence-corrected chi connectivity index (χ2v) is 12.3. The van der Waals surface area contributed by atoms with Gasteiger partial charge < -0.3 is 9.64 Å². The number of halogens is 4. The Morgan fingerprint density at radius 1 is 1.03 bits per heavy atom. The first-order valence-electron chi connectivity index (χ1n) is 13.4. The monoisotopic (exact) mass is 533 g/mol. The maximum Gasteiger partial charge on any atom is 0.416 e. The number of hydrogen-bond acceptors (Lipinski definition) is 2. The number of hydrogen-bond donors (Lipinski definition) is 0. The SMILES string of the molecule is CC1CC2CC(C)CC(CC(=O)N3CC(OC(c4ccc(Cl)cc4)c4ccccc4C(F)(F)F)C3)(C1)C2. The van der Waals surface area contributed by atoms with Gasteiger partial charge in [0.15, 0.2) is 0 Å². The molecule has 2 saturated carbocycles. The molecular formula is C30H35ClF3NO2. The van der Waals surface area contributed by atoms with E-state index >= 15 is 0 Å². The quantitative estimate of drug-likeness (QED) is 0.377. The predicted molar refractivity (Wildman–Crippen MR) is 138 cm³/mol. The van der Waals surface area contributed by atoms with Crippen molar-refractivity contribution < 1.29 is 22.7 Å². The second kappa shape index (κ2) is 10.3. The first-order chi connectivity index (χ1) is 17.5. The summed E-state index contributed by atoms with van der Waals surface area (Å²) in [6.45, 7) is 5.43. The van der Waals surface area contributed by atoms with Crippen molar-refractivity contribution in [1.29, 1.82) is 0 Å². The summed E-state index contributed by atoms with van der Waals surface area (Å²) in [7, 11) is 0. The lowest BCUT2D eigenvalue weighted by Gasteiger charge is -2.51. The third-order valence-electron chi connectivity index (χ3n) is 8.53. The molecule has 0 radical (unpaired) electrons. The zero-order chi connectivity index (χ0) is 26.4. The summed E-state index contributed by atoms with van der Waals surface area (Å²) in [4.78, 5) is 15.1. The molecule has 0 N–H and O–H groups in total. The van der Waals surface area contributed by atoms with Gasteiger partial charge in [0, 0.05) is 24.5 Å². The number of likely N-dealkylation sites (tertiary alicyclic amines) is 1. The second-order valence-electron chi connectivity index (χ2n) is 11.9. The van der Waals surface area contributed by atoms with Crippen molar-refractivity contribution in [1.82, 2.24) is 4.90 Å². The van der Waals surface area contributed by atoms with Crippen LogP contribution < -0.4 is 0 Å². The highest BCUT2D eigenvalue weighted by atomic mass is 35.5. The Bertz CT molecular complexity index is 1090. The molecule has 37 heavy (non-hydrogen) atoms. The lowest BCUT2D eigenvalue weighted by molar-refractivity contribution is -0.154. The molecule has 2 bridgehead atoms. The van der Waals surface area contributed by atoms with Crippen molar-refractivity contribution in [3.05, 3.63) is 70.2 Å². The average molecular weight is 534 g/mol. The first kappa shape index (κ1) is 26.6. The van der Waals surface area contributed by atoms with E-state index in [1.54, 1.807) is 30.3 Å². The molecule has 1 saturated heterocycles. The van der Waals surface area contributed by atoms with E-state index in [1.807, 2.05) is 4.90 Å². The topological polar surface area (TPSA) is 29.5 Å². The van der Waals surface area contributed by atoms with E-state index in [0.717, 1.165) is 31.2 Å². The fourth-order valence-corrected chi connectivity index (χ4v) is 7.56. The molecule has 0 aromatic heterocycles. The van der Waals surface area contributed by atoms with E-state index in [9.17, 15) is 18.0 Å². The largest absolute Gasteiger partial charge is 0.416 e. The van der Waals surface area contributed by atoms with Crippen LogP contribution in [0.15, 0.2) is 48.5 Å². The summed E-state index contributed by atoms with van der Waals surface area (Å²) in [6.07, 6.45) is 0.743. The van der Waals surface area contributed by atoms with Crippen LogP contribution >= 0.6 is 11.6 Å². The van der Waals surface area contributed by atoms with Gasteiger partial charge in [0.1, 0.15) is 6.10 Å². The highest BCUT2D eigenvalue weighted by Crippen LogP contribution is 2.54. The molecule has 2 aliphatic carbocycles. The third-order valence-corrected chi connectivity index (χ3v) is 8.78. The summed E-state index contributed by atoms with van der Waals surface area (Å²) in [6, 6.07) is 12.2. The highest BCUT2D eigenvalue weighted by Gasteiger charge is 2.47. The zero-order valence-electron chi connectivity index (χ0n) is 21.4. The molecule has 2 aromatic rings. The van der Waals surface area contributed by atoms with Gasteiger partial charge in [-0.25, -0.2) is 0 Å². The Morgan fingerprint density at radius 2 is 1.65 bits per heavy atom. The van der Waals surface area contributed by atoms with Gasteiger partial charge in [-0.15, -0.1) is 0 Å². The van der Waals surface area contributed by atoms with Crippen LogP contribution in [0.3, 0.4) is 0 Å². The molecular weight excluding hydrogens is 499 g/mol. The first-order valence-corrected chi connectivity index (χ1v) is 13.7. The van der Waals surface area contributed by atoms with Crippen LogP contribution in [-0.4, -0.2) is 30.0 Å². The van der Waals surface area contributed by atoms with Crippen molar-refractivity contribution in [3.63, 3.8) is 0 Å². The van der Waals surface area contributed by atoms with E-state index in [1.165, 1.54) is 25.0 Å². The van der Waals surface area contributed by atoms with Gasteiger partial charge in [-0.05, 0) is 84.6 Å². The summed E-state index contributed by atoms with van der Waals surface area (Å²) in [5.41, 5.74) is 0.0526. The van der Waals surface area contributed by atoms with Crippen LogP contribution in [-0.2, 0) is 15.7 Å². The van der Waals surface area contributed by atoms with Crippen molar-refractivity contribution >= 4 is 17.5 Å². The average Bonchev–Trinajstić information content (AvgIpc) is 2.77. The van der Waals surface area contributed by atoms with Crippen molar-refractivity contribution in [2.75, 3.05) is 13.1 Å². The van der Waals surface area contributed by atoms with E-state index in [4.69, 9.17) is 16.3 Å². The van der Waals surface area contributed by atoms with Gasteiger partial charge >= 0.3 is 6.18 Å².